The Morgan fingerprint density at radius 2 is 2.04 bits per heavy atom. The summed E-state index contributed by atoms with van der Waals surface area (Å²) >= 11 is 6.13. The van der Waals surface area contributed by atoms with Crippen LogP contribution in [0.3, 0.4) is 0 Å². The third-order valence-corrected chi connectivity index (χ3v) is 4.93. The Balaban J connectivity index is 1.73. The molecule has 0 radical (unpaired) electrons. The summed E-state index contributed by atoms with van der Waals surface area (Å²) in [6.07, 6.45) is 1.58. The van der Waals surface area contributed by atoms with Gasteiger partial charge < -0.3 is 14.9 Å². The minimum absolute atomic E-state index is 0.0102. The van der Waals surface area contributed by atoms with Crippen molar-refractivity contribution in [2.45, 2.75) is 31.4 Å². The Morgan fingerprint density at radius 1 is 1.31 bits per heavy atom. The van der Waals surface area contributed by atoms with E-state index in [0.717, 1.165) is 0 Å². The minimum Gasteiger partial charge on any atom is -0.479 e. The van der Waals surface area contributed by atoms with Gasteiger partial charge in [-0.05, 0) is 37.3 Å². The first kappa shape index (κ1) is 18.3. The van der Waals surface area contributed by atoms with Crippen molar-refractivity contribution < 1.29 is 24.5 Å². The summed E-state index contributed by atoms with van der Waals surface area (Å²) in [5, 5.41) is 18.4. The first-order valence-corrected chi connectivity index (χ1v) is 8.49. The highest BCUT2D eigenvalue weighted by molar-refractivity contribution is 6.35. The highest BCUT2D eigenvalue weighted by Crippen LogP contribution is 2.34. The van der Waals surface area contributed by atoms with Gasteiger partial charge in [0.25, 0.3) is 11.7 Å². The average Bonchev–Trinajstić information content (AvgIpc) is 3.03. The van der Waals surface area contributed by atoms with E-state index in [4.69, 9.17) is 26.6 Å². The Hall–Kier alpha value is -2.45. The number of carbonyl (C=O) groups is 2. The molecule has 1 saturated carbocycles. The number of aliphatic carboxylic acids is 2. The number of carboxylic acid groups (broad SMARTS) is 2. The van der Waals surface area contributed by atoms with Gasteiger partial charge in [-0.25, -0.2) is 14.6 Å². The number of halogens is 1. The highest BCUT2D eigenvalue weighted by atomic mass is 35.5. The predicted octanol–water partition coefficient (Wildman–Crippen LogP) is 1.95. The van der Waals surface area contributed by atoms with Crippen molar-refractivity contribution in [1.82, 2.24) is 9.55 Å². The molecule has 1 heterocycles. The summed E-state index contributed by atoms with van der Waals surface area (Å²) in [6.45, 7) is 0.0102. The Labute approximate surface area is 153 Å². The molecular weight excluding hydrogens is 364 g/mol. The second-order valence-electron chi connectivity index (χ2n) is 6.31. The zero-order valence-corrected chi connectivity index (χ0v) is 14.4. The molecule has 9 heteroatoms. The maximum absolute atomic E-state index is 12.7. The van der Waals surface area contributed by atoms with Crippen molar-refractivity contribution in [2.75, 3.05) is 6.61 Å². The molecule has 2 unspecified atom stereocenters. The van der Waals surface area contributed by atoms with E-state index in [2.05, 4.69) is 4.98 Å². The van der Waals surface area contributed by atoms with Crippen LogP contribution in [0.4, 0.5) is 0 Å². The molecule has 0 bridgehead atoms. The van der Waals surface area contributed by atoms with Gasteiger partial charge in [0.2, 0.25) is 0 Å². The fourth-order valence-corrected chi connectivity index (χ4v) is 3.58. The largest absolute Gasteiger partial charge is 0.479 e. The van der Waals surface area contributed by atoms with Crippen LogP contribution in [-0.4, -0.2) is 44.4 Å². The fourth-order valence-electron chi connectivity index (χ4n) is 3.33. The lowest BCUT2D eigenvalue weighted by Gasteiger charge is -2.16. The van der Waals surface area contributed by atoms with E-state index in [1.54, 1.807) is 22.8 Å². The second-order valence-corrected chi connectivity index (χ2v) is 6.72. The lowest BCUT2D eigenvalue weighted by Crippen LogP contribution is -2.34. The summed E-state index contributed by atoms with van der Waals surface area (Å²) in [6, 6.07) is 4.97. The Bertz CT molecular complexity index is 898. The van der Waals surface area contributed by atoms with Crippen LogP contribution < -0.4 is 5.56 Å². The number of carboxylic acids is 2. The monoisotopic (exact) mass is 380 g/mol. The molecule has 26 heavy (non-hydrogen) atoms. The topological polar surface area (TPSA) is 119 Å². The van der Waals surface area contributed by atoms with Crippen molar-refractivity contribution in [3.63, 3.8) is 0 Å². The van der Waals surface area contributed by atoms with E-state index in [1.165, 1.54) is 6.33 Å². The fraction of sp³-hybridized carbons (Fsp3) is 0.412. The highest BCUT2D eigenvalue weighted by Gasteiger charge is 2.31. The summed E-state index contributed by atoms with van der Waals surface area (Å²) in [7, 11) is 0. The van der Waals surface area contributed by atoms with Gasteiger partial charge in [0.05, 0.1) is 28.9 Å². The molecule has 2 N–H and O–H groups in total. The Kier molecular flexibility index (Phi) is 5.24. The van der Waals surface area contributed by atoms with Gasteiger partial charge >= 0.3 is 11.9 Å². The summed E-state index contributed by atoms with van der Waals surface area (Å²) in [4.78, 5) is 38.7. The molecule has 1 aromatic heterocycles. The molecule has 1 aliphatic rings. The van der Waals surface area contributed by atoms with Gasteiger partial charge in [-0.15, -0.1) is 0 Å². The van der Waals surface area contributed by atoms with Crippen LogP contribution in [0.1, 0.15) is 25.3 Å². The maximum atomic E-state index is 12.7. The van der Waals surface area contributed by atoms with Gasteiger partial charge in [0, 0.05) is 6.04 Å². The van der Waals surface area contributed by atoms with Gasteiger partial charge in [0.1, 0.15) is 0 Å². The lowest BCUT2D eigenvalue weighted by molar-refractivity contribution is -0.166. The molecule has 0 spiro atoms. The quantitative estimate of drug-likeness (QED) is 0.735. The van der Waals surface area contributed by atoms with Crippen molar-refractivity contribution in [1.29, 1.82) is 0 Å². The molecule has 3 rings (SSSR count). The van der Waals surface area contributed by atoms with Crippen LogP contribution in [0.2, 0.25) is 5.02 Å². The van der Waals surface area contributed by atoms with E-state index >= 15 is 0 Å². The standard InChI is InChI=1S/C17H17ClN2O6/c18-11-2-1-3-12-13(11)15(21)20(8-19-12)10-5-4-9(6-10)7-26-14(16(22)23)17(24)25/h1-3,8-10,14H,4-7H2,(H,22,23)(H,24,25). The van der Waals surface area contributed by atoms with E-state index < -0.39 is 18.0 Å². The van der Waals surface area contributed by atoms with Crippen LogP contribution in [0.5, 0.6) is 0 Å². The van der Waals surface area contributed by atoms with E-state index in [1.807, 2.05) is 0 Å². The zero-order chi connectivity index (χ0) is 18.8. The first-order chi connectivity index (χ1) is 12.4. The molecule has 0 amide bonds. The van der Waals surface area contributed by atoms with E-state index in [-0.39, 0.29) is 24.1 Å². The summed E-state index contributed by atoms with van der Waals surface area (Å²) < 4.78 is 6.57. The van der Waals surface area contributed by atoms with Crippen LogP contribution in [0, 0.1) is 5.92 Å². The van der Waals surface area contributed by atoms with Crippen LogP contribution in [-0.2, 0) is 14.3 Å². The average molecular weight is 381 g/mol. The summed E-state index contributed by atoms with van der Waals surface area (Å²) in [5.74, 6) is -3.09. The number of benzene rings is 1. The molecule has 2 aromatic rings. The SMILES string of the molecule is O=C(O)C(OCC1CCC(n2cnc3cccc(Cl)c3c2=O)C1)C(=O)O. The summed E-state index contributed by atoms with van der Waals surface area (Å²) in [5.41, 5.74) is 0.309. The molecule has 2 atom stereocenters. The molecule has 8 nitrogen and oxygen atoms in total. The molecule has 1 aliphatic carbocycles. The van der Waals surface area contributed by atoms with E-state index in [9.17, 15) is 14.4 Å². The number of hydrogen-bond acceptors (Lipinski definition) is 5. The van der Waals surface area contributed by atoms with E-state index in [0.29, 0.717) is 35.2 Å². The smallest absolute Gasteiger partial charge is 0.344 e. The predicted molar refractivity (Wildman–Crippen MR) is 92.4 cm³/mol. The molecule has 1 aromatic carbocycles. The molecule has 0 aliphatic heterocycles. The Morgan fingerprint density at radius 3 is 2.73 bits per heavy atom. The number of hydrogen-bond donors (Lipinski definition) is 2. The van der Waals surface area contributed by atoms with Crippen molar-refractivity contribution in [3.05, 3.63) is 39.9 Å². The maximum Gasteiger partial charge on any atom is 0.344 e. The number of rotatable bonds is 6. The molecule has 1 fully saturated rings. The van der Waals surface area contributed by atoms with Crippen LogP contribution in [0.15, 0.2) is 29.3 Å². The van der Waals surface area contributed by atoms with Gasteiger partial charge in [-0.3, -0.25) is 9.36 Å². The normalized spacial score (nSPS) is 19.9. The van der Waals surface area contributed by atoms with Crippen molar-refractivity contribution in [2.24, 2.45) is 5.92 Å². The second kappa shape index (κ2) is 7.43. The zero-order valence-electron chi connectivity index (χ0n) is 13.7. The number of aromatic nitrogens is 2. The minimum atomic E-state index is -1.88. The van der Waals surface area contributed by atoms with Crippen molar-refractivity contribution >= 4 is 34.4 Å². The third-order valence-electron chi connectivity index (χ3n) is 4.62. The van der Waals surface area contributed by atoms with Crippen LogP contribution in [0.25, 0.3) is 10.9 Å². The number of nitrogens with zero attached hydrogens (tertiary/aromatic N) is 2. The van der Waals surface area contributed by atoms with Gasteiger partial charge in [-0.2, -0.15) is 0 Å². The van der Waals surface area contributed by atoms with Gasteiger partial charge in [0.15, 0.2) is 0 Å². The molecule has 0 saturated heterocycles. The molecule has 138 valence electrons. The molecular formula is C17H17ClN2O6. The first-order valence-electron chi connectivity index (χ1n) is 8.11. The van der Waals surface area contributed by atoms with Crippen LogP contribution >= 0.6 is 11.6 Å². The van der Waals surface area contributed by atoms with Gasteiger partial charge in [-0.1, -0.05) is 17.7 Å². The number of ether oxygens (including phenoxy) is 1. The lowest BCUT2D eigenvalue weighted by atomic mass is 10.1. The third kappa shape index (κ3) is 3.56. The van der Waals surface area contributed by atoms with Crippen molar-refractivity contribution in [3.8, 4) is 0 Å². The number of fused-ring (bicyclic) bond motifs is 1.